The summed E-state index contributed by atoms with van der Waals surface area (Å²) >= 11 is 0. The van der Waals surface area contributed by atoms with Crippen LogP contribution in [-0.2, 0) is 31.9 Å². The Morgan fingerprint density at radius 3 is 1.96 bits per heavy atom. The third kappa shape index (κ3) is 24.7. The molecule has 4 atom stereocenters. The molecule has 0 amide bonds. The summed E-state index contributed by atoms with van der Waals surface area (Å²) in [7, 11) is 6.96. The van der Waals surface area contributed by atoms with E-state index in [4.69, 9.17) is 18.9 Å². The van der Waals surface area contributed by atoms with E-state index in [0.717, 1.165) is 61.2 Å². The van der Waals surface area contributed by atoms with Crippen molar-refractivity contribution in [3.8, 4) is 5.75 Å². The number of benzene rings is 1. The standard InChI is InChI=1S/C36H63NO4S2.C2H6O.2C2H6/c1-28(2)10-7-11-30(5)12-8-13-31(6)14-9-18-37-19-17-32-24-34(16-15-33(32)25-37)39-20-22-42-43-23-21-40-35-26-38-27-36(35)41-29(3)4;1-3-2;2*1-2/h15-16,24,28-31,35-36H,7-14,17-23,25-27H2,1-6H3;1-2H3;2*1-2H3. The molecule has 0 N–H and O–H groups in total. The molecule has 296 valence electrons. The fourth-order valence-corrected chi connectivity index (χ4v) is 7.87. The number of fused-ring (bicyclic) bond motifs is 1. The zero-order valence-electron chi connectivity index (χ0n) is 34.7. The topological polar surface area (TPSA) is 49.4 Å². The Labute approximate surface area is 319 Å². The van der Waals surface area contributed by atoms with Crippen LogP contribution in [-0.4, -0.2) is 88.5 Å². The van der Waals surface area contributed by atoms with Gasteiger partial charge in [-0.3, -0.25) is 4.90 Å². The molecule has 1 fully saturated rings. The van der Waals surface area contributed by atoms with Gasteiger partial charge in [0.15, 0.2) is 0 Å². The Morgan fingerprint density at radius 2 is 1.34 bits per heavy atom. The Balaban J connectivity index is 0.00000319. The van der Waals surface area contributed by atoms with Crippen molar-refractivity contribution < 1.29 is 23.7 Å². The van der Waals surface area contributed by atoms with Crippen molar-refractivity contribution in [2.75, 3.05) is 65.2 Å². The largest absolute Gasteiger partial charge is 0.493 e. The number of hydrogen-bond acceptors (Lipinski definition) is 8. The quantitative estimate of drug-likeness (QED) is 0.0811. The molecule has 0 saturated carbocycles. The Bertz CT molecular complexity index is 890. The highest BCUT2D eigenvalue weighted by atomic mass is 33.1. The van der Waals surface area contributed by atoms with Crippen molar-refractivity contribution in [2.45, 2.75) is 152 Å². The fourth-order valence-electron chi connectivity index (χ4n) is 6.20. The van der Waals surface area contributed by atoms with E-state index in [1.54, 1.807) is 14.2 Å². The molecule has 2 aliphatic rings. The van der Waals surface area contributed by atoms with Gasteiger partial charge in [-0.1, -0.05) is 122 Å². The van der Waals surface area contributed by atoms with E-state index in [1.165, 1.54) is 75.6 Å². The van der Waals surface area contributed by atoms with Crippen molar-refractivity contribution in [2.24, 2.45) is 17.8 Å². The van der Waals surface area contributed by atoms with Crippen LogP contribution < -0.4 is 4.74 Å². The van der Waals surface area contributed by atoms with Crippen molar-refractivity contribution in [3.05, 3.63) is 29.3 Å². The lowest BCUT2D eigenvalue weighted by atomic mass is 9.92. The zero-order valence-corrected chi connectivity index (χ0v) is 36.4. The van der Waals surface area contributed by atoms with Gasteiger partial charge in [-0.05, 0) is 80.7 Å². The molecule has 6 nitrogen and oxygen atoms in total. The zero-order chi connectivity index (χ0) is 37.6. The molecule has 4 unspecified atom stereocenters. The Hall–Kier alpha value is -0.480. The van der Waals surface area contributed by atoms with E-state index in [1.807, 2.05) is 49.3 Å². The van der Waals surface area contributed by atoms with Gasteiger partial charge in [-0.25, -0.2) is 0 Å². The predicted molar refractivity (Wildman–Crippen MR) is 222 cm³/mol. The van der Waals surface area contributed by atoms with Crippen LogP contribution in [0.1, 0.15) is 132 Å². The second kappa shape index (κ2) is 33.1. The van der Waals surface area contributed by atoms with Crippen molar-refractivity contribution in [1.29, 1.82) is 0 Å². The first-order valence-corrected chi connectivity index (χ1v) is 22.7. The van der Waals surface area contributed by atoms with Crippen LogP contribution in [0.5, 0.6) is 5.75 Å². The fraction of sp³-hybridized carbons (Fsp3) is 0.857. The first-order chi connectivity index (χ1) is 24.2. The average Bonchev–Trinajstić information content (AvgIpc) is 3.53. The second-order valence-electron chi connectivity index (χ2n) is 14.1. The van der Waals surface area contributed by atoms with Crippen molar-refractivity contribution in [3.63, 3.8) is 0 Å². The summed E-state index contributed by atoms with van der Waals surface area (Å²) in [5.41, 5.74) is 2.95. The highest BCUT2D eigenvalue weighted by Gasteiger charge is 2.30. The molecule has 1 aromatic rings. The van der Waals surface area contributed by atoms with Crippen LogP contribution in [0.25, 0.3) is 0 Å². The molecular formula is C42H81NO5S2. The smallest absolute Gasteiger partial charge is 0.119 e. The summed E-state index contributed by atoms with van der Waals surface area (Å²) in [6.45, 7) is 28.0. The molecule has 8 heteroatoms. The van der Waals surface area contributed by atoms with Gasteiger partial charge in [-0.15, -0.1) is 0 Å². The minimum atomic E-state index is 0.0640. The van der Waals surface area contributed by atoms with Gasteiger partial charge >= 0.3 is 0 Å². The highest BCUT2D eigenvalue weighted by Crippen LogP contribution is 2.27. The Morgan fingerprint density at radius 1 is 0.760 bits per heavy atom. The van der Waals surface area contributed by atoms with E-state index < -0.39 is 0 Å². The third-order valence-electron chi connectivity index (χ3n) is 8.76. The van der Waals surface area contributed by atoms with E-state index in [0.29, 0.717) is 13.2 Å². The average molecular weight is 744 g/mol. The summed E-state index contributed by atoms with van der Waals surface area (Å²) in [6, 6.07) is 6.74. The summed E-state index contributed by atoms with van der Waals surface area (Å²) in [6.07, 6.45) is 12.6. The number of rotatable bonds is 23. The predicted octanol–water partition coefficient (Wildman–Crippen LogP) is 11.4. The summed E-state index contributed by atoms with van der Waals surface area (Å²) in [5.74, 6) is 5.55. The monoisotopic (exact) mass is 744 g/mol. The maximum atomic E-state index is 6.09. The number of hydrogen-bond donors (Lipinski definition) is 0. The minimum absolute atomic E-state index is 0.0640. The number of nitrogens with zero attached hydrogens (tertiary/aromatic N) is 1. The molecule has 0 radical (unpaired) electrons. The van der Waals surface area contributed by atoms with E-state index >= 15 is 0 Å². The first kappa shape index (κ1) is 49.5. The van der Waals surface area contributed by atoms with Crippen LogP contribution in [0.15, 0.2) is 18.2 Å². The minimum Gasteiger partial charge on any atom is -0.493 e. The van der Waals surface area contributed by atoms with Crippen LogP contribution in [0.3, 0.4) is 0 Å². The normalized spacial score (nSPS) is 18.3. The summed E-state index contributed by atoms with van der Waals surface area (Å²) < 4.78 is 27.8. The van der Waals surface area contributed by atoms with E-state index in [2.05, 4.69) is 69.4 Å². The van der Waals surface area contributed by atoms with Gasteiger partial charge in [0.2, 0.25) is 0 Å². The first-order valence-electron chi connectivity index (χ1n) is 20.2. The maximum absolute atomic E-state index is 6.09. The van der Waals surface area contributed by atoms with Crippen molar-refractivity contribution in [1.82, 2.24) is 4.90 Å². The molecule has 0 aliphatic carbocycles. The summed E-state index contributed by atoms with van der Waals surface area (Å²) in [4.78, 5) is 2.65. The molecule has 0 spiro atoms. The molecule has 2 heterocycles. The highest BCUT2D eigenvalue weighted by molar-refractivity contribution is 8.76. The summed E-state index contributed by atoms with van der Waals surface area (Å²) in [5, 5.41) is 0. The van der Waals surface area contributed by atoms with Gasteiger partial charge < -0.3 is 23.7 Å². The van der Waals surface area contributed by atoms with Gasteiger partial charge in [-0.2, -0.15) is 0 Å². The molecule has 50 heavy (non-hydrogen) atoms. The number of ether oxygens (including phenoxy) is 5. The van der Waals surface area contributed by atoms with E-state index in [-0.39, 0.29) is 18.3 Å². The molecular weight excluding hydrogens is 663 g/mol. The molecule has 1 aromatic carbocycles. The molecule has 2 aliphatic heterocycles. The molecule has 0 aromatic heterocycles. The molecule has 0 bridgehead atoms. The van der Waals surface area contributed by atoms with Gasteiger partial charge in [0.05, 0.1) is 32.5 Å². The van der Waals surface area contributed by atoms with Crippen LogP contribution in [0.4, 0.5) is 0 Å². The van der Waals surface area contributed by atoms with Crippen LogP contribution >= 0.6 is 21.6 Å². The van der Waals surface area contributed by atoms with Gasteiger partial charge in [0.25, 0.3) is 0 Å². The van der Waals surface area contributed by atoms with Crippen LogP contribution in [0, 0.1) is 17.8 Å². The lowest BCUT2D eigenvalue weighted by Crippen LogP contribution is -2.32. The number of methoxy groups -OCH3 is 1. The second-order valence-corrected chi connectivity index (χ2v) is 16.8. The van der Waals surface area contributed by atoms with E-state index in [9.17, 15) is 0 Å². The lowest BCUT2D eigenvalue weighted by molar-refractivity contribution is -0.0650. The SMILES string of the molecule is CC.CC.CC(C)CCCC(C)CCCC(C)CCCN1CCc2cc(OCCSSCCOC3COCC3OC(C)C)ccc2C1.COC. The van der Waals surface area contributed by atoms with Crippen molar-refractivity contribution >= 4 is 21.6 Å². The molecule has 1 saturated heterocycles. The van der Waals surface area contributed by atoms with Gasteiger partial charge in [0.1, 0.15) is 18.0 Å². The van der Waals surface area contributed by atoms with Gasteiger partial charge in [0, 0.05) is 38.8 Å². The lowest BCUT2D eigenvalue weighted by Gasteiger charge is -2.29. The molecule has 3 rings (SSSR count). The Kier molecular flexibility index (Phi) is 32.8. The van der Waals surface area contributed by atoms with Crippen LogP contribution in [0.2, 0.25) is 0 Å². The maximum Gasteiger partial charge on any atom is 0.119 e. The third-order valence-corrected chi connectivity index (χ3v) is 11.1.